The van der Waals surface area contributed by atoms with Crippen molar-refractivity contribution in [3.8, 4) is 5.75 Å². The predicted octanol–water partition coefficient (Wildman–Crippen LogP) is 0.970. The van der Waals surface area contributed by atoms with Crippen LogP contribution < -0.4 is 4.74 Å². The second kappa shape index (κ2) is 10.6. The first-order valence-corrected chi connectivity index (χ1v) is 7.32. The molecule has 8 heteroatoms. The molecule has 0 N–H and O–H groups in total. The Morgan fingerprint density at radius 2 is 1.52 bits per heavy atom. The lowest BCUT2D eigenvalue weighted by molar-refractivity contribution is -0.165. The van der Waals surface area contributed by atoms with E-state index in [2.05, 4.69) is 14.2 Å². The lowest BCUT2D eigenvalue weighted by Crippen LogP contribution is -2.20. The first-order chi connectivity index (χ1) is 11.9. The fraction of sp³-hybridized carbons (Fsp3) is 0.294. The minimum Gasteiger partial charge on any atom is -0.497 e. The SMILES string of the molecule is CCOC(=O)/C=C\C(=O)OCC(=O)OC(=O)Cc1ccc(OC)cc1. The van der Waals surface area contributed by atoms with Crippen LogP contribution in [0, 0.1) is 0 Å². The van der Waals surface area contributed by atoms with Gasteiger partial charge in [0.05, 0.1) is 20.1 Å². The Morgan fingerprint density at radius 3 is 2.08 bits per heavy atom. The molecular weight excluding hydrogens is 332 g/mol. The minimum absolute atomic E-state index is 0.119. The van der Waals surface area contributed by atoms with Gasteiger partial charge in [0.15, 0.2) is 6.61 Å². The van der Waals surface area contributed by atoms with Crippen molar-refractivity contribution in [2.45, 2.75) is 13.3 Å². The second-order valence-corrected chi connectivity index (χ2v) is 4.56. The highest BCUT2D eigenvalue weighted by atomic mass is 16.6. The quantitative estimate of drug-likeness (QED) is 0.296. The summed E-state index contributed by atoms with van der Waals surface area (Å²) >= 11 is 0. The van der Waals surface area contributed by atoms with Gasteiger partial charge >= 0.3 is 23.9 Å². The Balaban J connectivity index is 2.34. The molecule has 0 aliphatic heterocycles. The fourth-order valence-electron chi connectivity index (χ4n) is 1.61. The summed E-state index contributed by atoms with van der Waals surface area (Å²) in [6.07, 6.45) is 1.56. The Kier molecular flexibility index (Phi) is 8.42. The van der Waals surface area contributed by atoms with Crippen molar-refractivity contribution in [2.24, 2.45) is 0 Å². The molecule has 0 atom stereocenters. The Bertz CT molecular complexity index is 645. The van der Waals surface area contributed by atoms with Crippen molar-refractivity contribution < 1.29 is 38.1 Å². The molecule has 1 aromatic rings. The van der Waals surface area contributed by atoms with E-state index in [1.807, 2.05) is 0 Å². The molecule has 0 heterocycles. The van der Waals surface area contributed by atoms with E-state index in [1.54, 1.807) is 31.2 Å². The van der Waals surface area contributed by atoms with Crippen LogP contribution in [-0.4, -0.2) is 44.2 Å². The van der Waals surface area contributed by atoms with E-state index in [9.17, 15) is 19.2 Å². The molecule has 1 aromatic carbocycles. The maximum Gasteiger partial charge on any atom is 0.351 e. The van der Waals surface area contributed by atoms with Gasteiger partial charge in [0, 0.05) is 12.2 Å². The zero-order valence-electron chi connectivity index (χ0n) is 13.9. The molecule has 0 aliphatic rings. The van der Waals surface area contributed by atoms with Crippen LogP contribution in [0.15, 0.2) is 36.4 Å². The standard InChI is InChI=1S/C17H18O8/c1-3-23-14(18)8-9-15(19)24-11-17(21)25-16(20)10-12-4-6-13(22-2)7-5-12/h4-9H,3,10-11H2,1-2H3/b9-8-. The van der Waals surface area contributed by atoms with Crippen molar-refractivity contribution in [3.63, 3.8) is 0 Å². The molecule has 0 spiro atoms. The zero-order chi connectivity index (χ0) is 18.7. The van der Waals surface area contributed by atoms with Crippen molar-refractivity contribution in [1.82, 2.24) is 0 Å². The lowest BCUT2D eigenvalue weighted by atomic mass is 10.1. The number of esters is 4. The number of rotatable bonds is 8. The third-order valence-electron chi connectivity index (χ3n) is 2.71. The van der Waals surface area contributed by atoms with Gasteiger partial charge in [-0.05, 0) is 24.6 Å². The van der Waals surface area contributed by atoms with Gasteiger partial charge in [0.1, 0.15) is 5.75 Å². The molecule has 0 saturated carbocycles. The predicted molar refractivity (Wildman–Crippen MR) is 84.5 cm³/mol. The van der Waals surface area contributed by atoms with Crippen molar-refractivity contribution >= 4 is 23.9 Å². The first-order valence-electron chi connectivity index (χ1n) is 7.32. The monoisotopic (exact) mass is 350 g/mol. The molecule has 0 saturated heterocycles. The first kappa shape index (κ1) is 19.9. The van der Waals surface area contributed by atoms with Gasteiger partial charge < -0.3 is 18.9 Å². The van der Waals surface area contributed by atoms with E-state index in [4.69, 9.17) is 4.74 Å². The molecule has 1 rings (SSSR count). The van der Waals surface area contributed by atoms with Crippen LogP contribution in [0.4, 0.5) is 0 Å². The van der Waals surface area contributed by atoms with Gasteiger partial charge in [-0.1, -0.05) is 12.1 Å². The minimum atomic E-state index is -1.02. The van der Waals surface area contributed by atoms with Gasteiger partial charge in [-0.3, -0.25) is 4.79 Å². The van der Waals surface area contributed by atoms with E-state index < -0.39 is 30.5 Å². The summed E-state index contributed by atoms with van der Waals surface area (Å²) in [4.78, 5) is 45.3. The van der Waals surface area contributed by atoms with Gasteiger partial charge in [-0.2, -0.15) is 0 Å². The molecule has 0 unspecified atom stereocenters. The molecule has 134 valence electrons. The smallest absolute Gasteiger partial charge is 0.351 e. The largest absolute Gasteiger partial charge is 0.497 e. The van der Waals surface area contributed by atoms with Crippen LogP contribution in [0.25, 0.3) is 0 Å². The van der Waals surface area contributed by atoms with Crippen LogP contribution in [0.2, 0.25) is 0 Å². The van der Waals surface area contributed by atoms with Crippen molar-refractivity contribution in [2.75, 3.05) is 20.3 Å². The Hall–Kier alpha value is -3.16. The maximum atomic E-state index is 11.6. The van der Waals surface area contributed by atoms with Gasteiger partial charge in [-0.15, -0.1) is 0 Å². The number of carbonyl (C=O) groups is 4. The number of hydrogen-bond acceptors (Lipinski definition) is 8. The molecule has 0 amide bonds. The number of benzene rings is 1. The molecule has 0 aromatic heterocycles. The summed E-state index contributed by atoms with van der Waals surface area (Å²) in [6.45, 7) is 1.03. The summed E-state index contributed by atoms with van der Waals surface area (Å²) < 4.78 is 18.6. The summed E-state index contributed by atoms with van der Waals surface area (Å²) in [5.41, 5.74) is 0.632. The number of carbonyl (C=O) groups excluding carboxylic acids is 4. The van der Waals surface area contributed by atoms with Crippen LogP contribution in [-0.2, 0) is 39.8 Å². The molecular formula is C17H18O8. The highest BCUT2D eigenvalue weighted by Crippen LogP contribution is 2.12. The topological polar surface area (TPSA) is 105 Å². The maximum absolute atomic E-state index is 11.6. The van der Waals surface area contributed by atoms with E-state index in [0.717, 1.165) is 12.2 Å². The molecule has 0 fully saturated rings. The average molecular weight is 350 g/mol. The van der Waals surface area contributed by atoms with Crippen LogP contribution in [0.3, 0.4) is 0 Å². The molecule has 0 aliphatic carbocycles. The van der Waals surface area contributed by atoms with Crippen LogP contribution >= 0.6 is 0 Å². The highest BCUT2D eigenvalue weighted by molar-refractivity contribution is 5.93. The highest BCUT2D eigenvalue weighted by Gasteiger charge is 2.13. The summed E-state index contributed by atoms with van der Waals surface area (Å²) in [5.74, 6) is -2.81. The lowest BCUT2D eigenvalue weighted by Gasteiger charge is -2.04. The van der Waals surface area contributed by atoms with Crippen molar-refractivity contribution in [1.29, 1.82) is 0 Å². The third-order valence-corrected chi connectivity index (χ3v) is 2.71. The average Bonchev–Trinajstić information content (AvgIpc) is 2.59. The number of ether oxygens (including phenoxy) is 4. The summed E-state index contributed by atoms with van der Waals surface area (Å²) in [6, 6.07) is 6.65. The number of methoxy groups -OCH3 is 1. The molecule has 0 bridgehead atoms. The number of hydrogen-bond donors (Lipinski definition) is 0. The zero-order valence-corrected chi connectivity index (χ0v) is 13.9. The second-order valence-electron chi connectivity index (χ2n) is 4.56. The third kappa shape index (κ3) is 8.31. The van der Waals surface area contributed by atoms with Crippen LogP contribution in [0.1, 0.15) is 12.5 Å². The molecule has 25 heavy (non-hydrogen) atoms. The van der Waals surface area contributed by atoms with E-state index in [-0.39, 0.29) is 13.0 Å². The molecule has 0 radical (unpaired) electrons. The van der Waals surface area contributed by atoms with Gasteiger partial charge in [0.25, 0.3) is 0 Å². The molecule has 8 nitrogen and oxygen atoms in total. The van der Waals surface area contributed by atoms with E-state index >= 15 is 0 Å². The summed E-state index contributed by atoms with van der Waals surface area (Å²) in [7, 11) is 1.52. The van der Waals surface area contributed by atoms with Gasteiger partial charge in [-0.25, -0.2) is 14.4 Å². The van der Waals surface area contributed by atoms with E-state index in [1.165, 1.54) is 7.11 Å². The Morgan fingerprint density at radius 1 is 0.920 bits per heavy atom. The summed E-state index contributed by atoms with van der Waals surface area (Å²) in [5, 5.41) is 0. The van der Waals surface area contributed by atoms with Gasteiger partial charge in [0.2, 0.25) is 0 Å². The fourth-order valence-corrected chi connectivity index (χ4v) is 1.61. The van der Waals surface area contributed by atoms with E-state index in [0.29, 0.717) is 11.3 Å². The van der Waals surface area contributed by atoms with Crippen molar-refractivity contribution in [3.05, 3.63) is 42.0 Å². The van der Waals surface area contributed by atoms with Crippen LogP contribution in [0.5, 0.6) is 5.75 Å². The Labute approximate surface area is 144 Å². The normalized spacial score (nSPS) is 10.2.